The molecule has 1 heterocycles. The van der Waals surface area contributed by atoms with E-state index in [1.807, 2.05) is 22.9 Å². The van der Waals surface area contributed by atoms with Crippen molar-refractivity contribution in [2.45, 2.75) is 4.90 Å². The second-order valence-electron chi connectivity index (χ2n) is 7.91. The molecular formula is C28H21Cl2N3O3S2. The molecule has 6 nitrogen and oxygen atoms in total. The molecule has 0 aliphatic heterocycles. The fraction of sp³-hybridized carbons (Fsp3) is 0.0357. The van der Waals surface area contributed by atoms with Gasteiger partial charge in [0.05, 0.1) is 5.75 Å². The van der Waals surface area contributed by atoms with E-state index in [-0.39, 0.29) is 23.3 Å². The van der Waals surface area contributed by atoms with E-state index in [4.69, 9.17) is 23.2 Å². The summed E-state index contributed by atoms with van der Waals surface area (Å²) in [6, 6.07) is 22.4. The van der Waals surface area contributed by atoms with Crippen molar-refractivity contribution in [1.82, 2.24) is 5.32 Å². The van der Waals surface area contributed by atoms with Crippen molar-refractivity contribution in [2.75, 3.05) is 16.4 Å². The first kappa shape index (κ1) is 27.5. The molecule has 192 valence electrons. The minimum atomic E-state index is -0.458. The lowest BCUT2D eigenvalue weighted by molar-refractivity contribution is -0.114. The minimum Gasteiger partial charge on any atom is -0.325 e. The van der Waals surface area contributed by atoms with Crippen LogP contribution in [0.25, 0.3) is 6.08 Å². The lowest BCUT2D eigenvalue weighted by Gasteiger charge is -2.11. The molecule has 0 aliphatic rings. The topological polar surface area (TPSA) is 87.3 Å². The molecule has 10 heteroatoms. The molecule has 0 radical (unpaired) electrons. The van der Waals surface area contributed by atoms with Gasteiger partial charge in [-0.05, 0) is 83.1 Å². The fourth-order valence-electron chi connectivity index (χ4n) is 3.27. The normalized spacial score (nSPS) is 11.1. The quantitative estimate of drug-likeness (QED) is 0.144. The van der Waals surface area contributed by atoms with Gasteiger partial charge in [-0.1, -0.05) is 41.4 Å². The number of carbonyl (C=O) groups excluding carboxylic acids is 3. The number of amides is 3. The van der Waals surface area contributed by atoms with E-state index in [1.165, 1.54) is 23.1 Å². The van der Waals surface area contributed by atoms with Crippen molar-refractivity contribution >= 4 is 81.5 Å². The molecule has 3 aromatic carbocycles. The maximum absolute atomic E-state index is 13.1. The number of thiophene rings is 1. The summed E-state index contributed by atoms with van der Waals surface area (Å²) in [4.78, 5) is 38.9. The smallest absolute Gasteiger partial charge is 0.272 e. The Morgan fingerprint density at radius 2 is 1.55 bits per heavy atom. The van der Waals surface area contributed by atoms with Gasteiger partial charge in [-0.2, -0.15) is 11.3 Å². The molecular weight excluding hydrogens is 561 g/mol. The minimum absolute atomic E-state index is 0.119. The molecule has 0 saturated carbocycles. The van der Waals surface area contributed by atoms with Crippen LogP contribution in [0.2, 0.25) is 10.0 Å². The number of rotatable bonds is 9. The third-order valence-corrected chi connectivity index (χ3v) is 7.16. The van der Waals surface area contributed by atoms with Crippen molar-refractivity contribution in [3.63, 3.8) is 0 Å². The average molecular weight is 583 g/mol. The van der Waals surface area contributed by atoms with Gasteiger partial charge in [0.25, 0.3) is 11.8 Å². The van der Waals surface area contributed by atoms with E-state index in [1.54, 1.807) is 72.8 Å². The van der Waals surface area contributed by atoms with Crippen LogP contribution in [0.15, 0.2) is 100 Å². The fourth-order valence-corrected chi connectivity index (χ4v) is 5.11. The third kappa shape index (κ3) is 8.22. The van der Waals surface area contributed by atoms with Crippen LogP contribution >= 0.6 is 46.3 Å². The molecule has 0 spiro atoms. The molecule has 0 aliphatic carbocycles. The molecule has 0 atom stereocenters. The van der Waals surface area contributed by atoms with Gasteiger partial charge < -0.3 is 16.0 Å². The summed E-state index contributed by atoms with van der Waals surface area (Å²) in [5.74, 6) is -0.870. The van der Waals surface area contributed by atoms with Crippen LogP contribution < -0.4 is 16.0 Å². The molecule has 0 fully saturated rings. The molecule has 3 N–H and O–H groups in total. The van der Waals surface area contributed by atoms with E-state index >= 15 is 0 Å². The Balaban J connectivity index is 1.36. The van der Waals surface area contributed by atoms with Crippen molar-refractivity contribution in [3.05, 3.63) is 116 Å². The lowest BCUT2D eigenvalue weighted by atomic mass is 10.2. The Hall–Kier alpha value is -3.56. The molecule has 38 heavy (non-hydrogen) atoms. The zero-order valence-electron chi connectivity index (χ0n) is 19.7. The third-order valence-electron chi connectivity index (χ3n) is 5.01. The van der Waals surface area contributed by atoms with E-state index in [9.17, 15) is 14.4 Å². The zero-order chi connectivity index (χ0) is 26.9. The summed E-state index contributed by atoms with van der Waals surface area (Å²) < 4.78 is 0. The predicted molar refractivity (Wildman–Crippen MR) is 157 cm³/mol. The first-order valence-electron chi connectivity index (χ1n) is 11.3. The summed E-state index contributed by atoms with van der Waals surface area (Å²) in [5, 5.41) is 12.9. The van der Waals surface area contributed by atoms with E-state index in [0.29, 0.717) is 27.0 Å². The highest BCUT2D eigenvalue weighted by Gasteiger charge is 2.15. The molecule has 0 unspecified atom stereocenters. The van der Waals surface area contributed by atoms with Crippen molar-refractivity contribution in [3.8, 4) is 0 Å². The van der Waals surface area contributed by atoms with Crippen molar-refractivity contribution in [2.24, 2.45) is 0 Å². The second-order valence-corrected chi connectivity index (χ2v) is 10.6. The molecule has 4 rings (SSSR count). The van der Waals surface area contributed by atoms with Crippen LogP contribution in [0.5, 0.6) is 0 Å². The predicted octanol–water partition coefficient (Wildman–Crippen LogP) is 7.20. The van der Waals surface area contributed by atoms with Crippen LogP contribution in [0.1, 0.15) is 15.9 Å². The summed E-state index contributed by atoms with van der Waals surface area (Å²) in [6.07, 6.45) is 1.63. The zero-order valence-corrected chi connectivity index (χ0v) is 22.9. The molecule has 0 bridgehead atoms. The number of anilines is 2. The SMILES string of the molecule is O=C(CSc1ccc(NC(=O)/C(=C/c2ccsc2)NC(=O)c2ccccc2)cc1)Nc1cc(Cl)cc(Cl)c1. The summed E-state index contributed by atoms with van der Waals surface area (Å²) in [5.41, 5.74) is 2.44. The maximum atomic E-state index is 13.1. The number of hydrogen-bond acceptors (Lipinski definition) is 5. The Morgan fingerprint density at radius 3 is 2.21 bits per heavy atom. The van der Waals surface area contributed by atoms with Crippen LogP contribution in [0, 0.1) is 0 Å². The number of hydrogen-bond donors (Lipinski definition) is 3. The number of benzene rings is 3. The van der Waals surface area contributed by atoms with Gasteiger partial charge in [-0.25, -0.2) is 0 Å². The van der Waals surface area contributed by atoms with Crippen LogP contribution in [0.4, 0.5) is 11.4 Å². The van der Waals surface area contributed by atoms with E-state index in [2.05, 4.69) is 16.0 Å². The molecule has 0 saturated heterocycles. The first-order chi connectivity index (χ1) is 18.4. The molecule has 1 aromatic heterocycles. The molecule has 3 amide bonds. The van der Waals surface area contributed by atoms with Gasteiger partial charge in [0, 0.05) is 31.9 Å². The van der Waals surface area contributed by atoms with Gasteiger partial charge in [-0.15, -0.1) is 11.8 Å². The summed E-state index contributed by atoms with van der Waals surface area (Å²) >= 11 is 14.8. The summed E-state index contributed by atoms with van der Waals surface area (Å²) in [6.45, 7) is 0. The van der Waals surface area contributed by atoms with Gasteiger partial charge >= 0.3 is 0 Å². The highest BCUT2D eigenvalue weighted by molar-refractivity contribution is 8.00. The largest absolute Gasteiger partial charge is 0.325 e. The second kappa shape index (κ2) is 13.3. The van der Waals surface area contributed by atoms with Gasteiger partial charge in [-0.3, -0.25) is 14.4 Å². The highest BCUT2D eigenvalue weighted by Crippen LogP contribution is 2.24. The van der Waals surface area contributed by atoms with Crippen LogP contribution in [0.3, 0.4) is 0 Å². The number of nitrogens with one attached hydrogen (secondary N) is 3. The average Bonchev–Trinajstić information content (AvgIpc) is 3.41. The van der Waals surface area contributed by atoms with Crippen molar-refractivity contribution < 1.29 is 14.4 Å². The van der Waals surface area contributed by atoms with Crippen LogP contribution in [-0.4, -0.2) is 23.5 Å². The van der Waals surface area contributed by atoms with Gasteiger partial charge in [0.1, 0.15) is 5.70 Å². The first-order valence-corrected chi connectivity index (χ1v) is 13.9. The van der Waals surface area contributed by atoms with Crippen molar-refractivity contribution in [1.29, 1.82) is 0 Å². The monoisotopic (exact) mass is 581 g/mol. The maximum Gasteiger partial charge on any atom is 0.272 e. The van der Waals surface area contributed by atoms with Crippen LogP contribution in [-0.2, 0) is 9.59 Å². The Morgan fingerprint density at radius 1 is 0.842 bits per heavy atom. The number of carbonyl (C=O) groups is 3. The van der Waals surface area contributed by atoms with E-state index in [0.717, 1.165) is 10.5 Å². The Labute approximate surface area is 238 Å². The standard InChI is InChI=1S/C28H21Cl2N3O3S2/c29-20-13-21(30)15-23(14-20)31-26(34)17-38-24-8-6-22(7-9-24)32-28(36)25(12-18-10-11-37-16-18)33-27(35)19-4-2-1-3-5-19/h1-16H,17H2,(H,31,34)(H,32,36)(H,33,35)/b25-12-. The van der Waals surface area contributed by atoms with Gasteiger partial charge in [0.15, 0.2) is 0 Å². The van der Waals surface area contributed by atoms with Gasteiger partial charge in [0.2, 0.25) is 5.91 Å². The number of thioether (sulfide) groups is 1. The number of halogens is 2. The molecule has 4 aromatic rings. The summed E-state index contributed by atoms with van der Waals surface area (Å²) in [7, 11) is 0. The Bertz CT molecular complexity index is 1440. The van der Waals surface area contributed by atoms with E-state index < -0.39 is 5.91 Å². The lowest BCUT2D eigenvalue weighted by Crippen LogP contribution is -2.30. The Kier molecular flexibility index (Phi) is 9.62. The highest BCUT2D eigenvalue weighted by atomic mass is 35.5.